The van der Waals surface area contributed by atoms with Gasteiger partial charge in [0.25, 0.3) is 0 Å². The Morgan fingerprint density at radius 2 is 2.21 bits per heavy atom. The van der Waals surface area contributed by atoms with Gasteiger partial charge in [0.2, 0.25) is 0 Å². The minimum atomic E-state index is 0.440. The summed E-state index contributed by atoms with van der Waals surface area (Å²) in [6, 6.07) is 2.36. The first-order chi connectivity index (χ1) is 6.65. The fraction of sp³-hybridized carbons (Fsp3) is 0.600. The van der Waals surface area contributed by atoms with Crippen molar-refractivity contribution < 1.29 is 0 Å². The number of hydrogen-bond donors (Lipinski definition) is 1. The van der Waals surface area contributed by atoms with Gasteiger partial charge in [-0.1, -0.05) is 0 Å². The van der Waals surface area contributed by atoms with Gasteiger partial charge in [-0.05, 0) is 26.5 Å². The molecule has 0 aromatic carbocycles. The first-order valence-electron chi connectivity index (χ1n) is 4.90. The van der Waals surface area contributed by atoms with Crippen molar-refractivity contribution >= 4 is 5.82 Å². The molecule has 0 spiro atoms. The van der Waals surface area contributed by atoms with E-state index in [0.717, 1.165) is 18.1 Å². The Balaban J connectivity index is 2.82. The lowest BCUT2D eigenvalue weighted by atomic mass is 10.3. The van der Waals surface area contributed by atoms with E-state index >= 15 is 0 Å². The van der Waals surface area contributed by atoms with Crippen LogP contribution < -0.4 is 10.6 Å². The van der Waals surface area contributed by atoms with Crippen LogP contribution >= 0.6 is 0 Å². The number of aromatic nitrogens is 2. The molecule has 0 aliphatic rings. The van der Waals surface area contributed by atoms with Gasteiger partial charge in [0.05, 0.1) is 0 Å². The highest BCUT2D eigenvalue weighted by Crippen LogP contribution is 2.10. The summed E-state index contributed by atoms with van der Waals surface area (Å²) in [6.45, 7) is 4.85. The quantitative estimate of drug-likeness (QED) is 0.771. The van der Waals surface area contributed by atoms with Crippen LogP contribution in [0.4, 0.5) is 5.82 Å². The van der Waals surface area contributed by atoms with Gasteiger partial charge in [-0.2, -0.15) is 0 Å². The number of rotatable bonds is 4. The topological polar surface area (TPSA) is 55.0 Å². The fourth-order valence-corrected chi connectivity index (χ4v) is 1.10. The molecule has 0 fully saturated rings. The van der Waals surface area contributed by atoms with Crippen molar-refractivity contribution in [2.24, 2.45) is 5.73 Å². The lowest BCUT2D eigenvalue weighted by molar-refractivity contribution is 0.733. The molecule has 0 saturated heterocycles. The summed E-state index contributed by atoms with van der Waals surface area (Å²) >= 11 is 0. The Hall–Kier alpha value is -1.16. The zero-order valence-corrected chi connectivity index (χ0v) is 9.07. The molecule has 1 rings (SSSR count). The third-order valence-corrected chi connectivity index (χ3v) is 2.19. The maximum atomic E-state index is 5.45. The van der Waals surface area contributed by atoms with Gasteiger partial charge in [0.1, 0.15) is 11.6 Å². The highest BCUT2D eigenvalue weighted by Gasteiger charge is 2.06. The van der Waals surface area contributed by atoms with Crippen LogP contribution in [0.5, 0.6) is 0 Å². The molecule has 1 aromatic rings. The van der Waals surface area contributed by atoms with Gasteiger partial charge in [-0.15, -0.1) is 0 Å². The maximum Gasteiger partial charge on any atom is 0.132 e. The van der Waals surface area contributed by atoms with E-state index in [1.807, 2.05) is 13.1 Å². The SMILES string of the molecule is CC(C)N(C)c1ccnc(CCN)n1. The van der Waals surface area contributed by atoms with Crippen molar-refractivity contribution in [2.75, 3.05) is 18.5 Å². The first kappa shape index (κ1) is 10.9. The number of anilines is 1. The van der Waals surface area contributed by atoms with E-state index in [4.69, 9.17) is 5.73 Å². The Bertz CT molecular complexity index is 285. The van der Waals surface area contributed by atoms with E-state index in [0.29, 0.717) is 12.6 Å². The molecule has 14 heavy (non-hydrogen) atoms. The normalized spacial score (nSPS) is 10.6. The molecular formula is C10H18N4. The molecule has 0 aliphatic carbocycles. The summed E-state index contributed by atoms with van der Waals surface area (Å²) in [6.07, 6.45) is 2.52. The third kappa shape index (κ3) is 2.67. The predicted octanol–water partition coefficient (Wildman–Crippen LogP) is 0.822. The highest BCUT2D eigenvalue weighted by atomic mass is 15.2. The summed E-state index contributed by atoms with van der Waals surface area (Å²) in [7, 11) is 2.03. The van der Waals surface area contributed by atoms with Gasteiger partial charge in [-0.25, -0.2) is 9.97 Å². The molecule has 1 heterocycles. The van der Waals surface area contributed by atoms with Crippen molar-refractivity contribution in [3.05, 3.63) is 18.1 Å². The average molecular weight is 194 g/mol. The molecule has 0 bridgehead atoms. The molecule has 4 heteroatoms. The van der Waals surface area contributed by atoms with Crippen molar-refractivity contribution in [1.29, 1.82) is 0 Å². The molecule has 4 nitrogen and oxygen atoms in total. The summed E-state index contributed by atoms with van der Waals surface area (Å²) in [5.74, 6) is 1.77. The first-order valence-corrected chi connectivity index (χ1v) is 4.90. The monoisotopic (exact) mass is 194 g/mol. The van der Waals surface area contributed by atoms with E-state index in [-0.39, 0.29) is 0 Å². The number of nitrogens with two attached hydrogens (primary N) is 1. The van der Waals surface area contributed by atoms with Crippen molar-refractivity contribution in [3.8, 4) is 0 Å². The minimum absolute atomic E-state index is 0.440. The summed E-state index contributed by atoms with van der Waals surface area (Å²) in [5, 5.41) is 0. The lowest BCUT2D eigenvalue weighted by Gasteiger charge is -2.22. The van der Waals surface area contributed by atoms with Crippen LogP contribution in [-0.2, 0) is 6.42 Å². The highest BCUT2D eigenvalue weighted by molar-refractivity contribution is 5.37. The largest absolute Gasteiger partial charge is 0.357 e. The van der Waals surface area contributed by atoms with Gasteiger partial charge in [-0.3, -0.25) is 0 Å². The molecule has 0 atom stereocenters. The summed E-state index contributed by atoms with van der Waals surface area (Å²) < 4.78 is 0. The smallest absolute Gasteiger partial charge is 0.132 e. The van der Waals surface area contributed by atoms with E-state index in [2.05, 4.69) is 28.7 Å². The zero-order chi connectivity index (χ0) is 10.6. The Morgan fingerprint density at radius 3 is 2.79 bits per heavy atom. The molecular weight excluding hydrogens is 176 g/mol. The van der Waals surface area contributed by atoms with Crippen LogP contribution in [0.3, 0.4) is 0 Å². The number of hydrogen-bond acceptors (Lipinski definition) is 4. The molecule has 0 unspecified atom stereocenters. The molecule has 0 radical (unpaired) electrons. The van der Waals surface area contributed by atoms with Gasteiger partial charge < -0.3 is 10.6 Å². The molecule has 1 aromatic heterocycles. The molecule has 0 saturated carbocycles. The third-order valence-electron chi connectivity index (χ3n) is 2.19. The second-order valence-electron chi connectivity index (χ2n) is 3.57. The maximum absolute atomic E-state index is 5.45. The minimum Gasteiger partial charge on any atom is -0.357 e. The van der Waals surface area contributed by atoms with Gasteiger partial charge in [0, 0.05) is 25.7 Å². The van der Waals surface area contributed by atoms with Crippen LogP contribution in [0.25, 0.3) is 0 Å². The molecule has 0 aliphatic heterocycles. The molecule has 0 amide bonds. The molecule has 78 valence electrons. The second-order valence-corrected chi connectivity index (χ2v) is 3.57. The zero-order valence-electron chi connectivity index (χ0n) is 9.07. The van der Waals surface area contributed by atoms with Crippen LogP contribution in [0.1, 0.15) is 19.7 Å². The van der Waals surface area contributed by atoms with Crippen LogP contribution in [0.15, 0.2) is 12.3 Å². The Morgan fingerprint density at radius 1 is 1.50 bits per heavy atom. The summed E-state index contributed by atoms with van der Waals surface area (Å²) in [4.78, 5) is 10.7. The van der Waals surface area contributed by atoms with Crippen molar-refractivity contribution in [3.63, 3.8) is 0 Å². The standard InChI is InChI=1S/C10H18N4/c1-8(2)14(3)10-5-7-12-9(13-10)4-6-11/h5,7-8H,4,6,11H2,1-3H3. The van der Waals surface area contributed by atoms with Gasteiger partial charge in [0.15, 0.2) is 0 Å². The number of nitrogens with zero attached hydrogens (tertiary/aromatic N) is 3. The van der Waals surface area contributed by atoms with E-state index in [9.17, 15) is 0 Å². The second kappa shape index (κ2) is 4.91. The van der Waals surface area contributed by atoms with Gasteiger partial charge >= 0.3 is 0 Å². The van der Waals surface area contributed by atoms with Crippen LogP contribution in [0, 0.1) is 0 Å². The fourth-order valence-electron chi connectivity index (χ4n) is 1.10. The average Bonchev–Trinajstić information content (AvgIpc) is 2.17. The summed E-state index contributed by atoms with van der Waals surface area (Å²) in [5.41, 5.74) is 5.45. The van der Waals surface area contributed by atoms with Crippen LogP contribution in [0.2, 0.25) is 0 Å². The van der Waals surface area contributed by atoms with E-state index in [1.165, 1.54) is 0 Å². The Labute approximate surface area is 85.2 Å². The predicted molar refractivity (Wildman–Crippen MR) is 58.3 cm³/mol. The lowest BCUT2D eigenvalue weighted by Crippen LogP contribution is -2.27. The van der Waals surface area contributed by atoms with Crippen molar-refractivity contribution in [2.45, 2.75) is 26.3 Å². The van der Waals surface area contributed by atoms with E-state index in [1.54, 1.807) is 6.20 Å². The van der Waals surface area contributed by atoms with E-state index < -0.39 is 0 Å². The Kier molecular flexibility index (Phi) is 3.83. The molecule has 2 N–H and O–H groups in total. The van der Waals surface area contributed by atoms with Crippen LogP contribution in [-0.4, -0.2) is 29.6 Å². The van der Waals surface area contributed by atoms with Crippen molar-refractivity contribution in [1.82, 2.24) is 9.97 Å².